The van der Waals surface area contributed by atoms with Crippen molar-refractivity contribution in [3.05, 3.63) is 18.6 Å². The Kier molecular flexibility index (Phi) is 4.71. The number of imidazole rings is 1. The summed E-state index contributed by atoms with van der Waals surface area (Å²) in [5.74, 6) is 1.11. The molecule has 0 aromatic carbocycles. The van der Waals surface area contributed by atoms with Gasteiger partial charge in [0, 0.05) is 38.4 Å². The van der Waals surface area contributed by atoms with E-state index in [2.05, 4.69) is 33.3 Å². The second-order valence-electron chi connectivity index (χ2n) is 6.85. The van der Waals surface area contributed by atoms with E-state index in [0.717, 1.165) is 43.0 Å². The topological polar surface area (TPSA) is 57.5 Å². The lowest BCUT2D eigenvalue weighted by molar-refractivity contribution is -0.132. The summed E-state index contributed by atoms with van der Waals surface area (Å²) in [5, 5.41) is 0. The number of hydrogen-bond donors (Lipinski definition) is 0. The minimum absolute atomic E-state index is 0.190. The highest BCUT2D eigenvalue weighted by molar-refractivity contribution is 5.86. The second-order valence-corrected chi connectivity index (χ2v) is 6.85. The van der Waals surface area contributed by atoms with Crippen LogP contribution in [0.3, 0.4) is 0 Å². The van der Waals surface area contributed by atoms with Crippen LogP contribution in [0.1, 0.15) is 19.9 Å². The Morgan fingerprint density at radius 3 is 2.54 bits per heavy atom. The fraction of sp³-hybridized carbons (Fsp3) is 0.588. The molecule has 7 heteroatoms. The first-order chi connectivity index (χ1) is 11.5. The summed E-state index contributed by atoms with van der Waals surface area (Å²) in [4.78, 5) is 27.4. The van der Waals surface area contributed by atoms with Crippen molar-refractivity contribution in [1.82, 2.24) is 24.3 Å². The Balaban J connectivity index is 1.75. The van der Waals surface area contributed by atoms with Crippen LogP contribution >= 0.6 is 0 Å². The zero-order valence-corrected chi connectivity index (χ0v) is 14.9. The normalized spacial score (nSPS) is 15.8. The largest absolute Gasteiger partial charge is 0.351 e. The Morgan fingerprint density at radius 1 is 1.21 bits per heavy atom. The fourth-order valence-corrected chi connectivity index (χ4v) is 3.13. The van der Waals surface area contributed by atoms with Crippen LogP contribution in [0, 0.1) is 0 Å². The van der Waals surface area contributed by atoms with E-state index in [4.69, 9.17) is 0 Å². The molecule has 1 aliphatic rings. The molecule has 130 valence electrons. The maximum absolute atomic E-state index is 12.2. The van der Waals surface area contributed by atoms with Crippen molar-refractivity contribution in [2.45, 2.75) is 19.9 Å². The molecule has 7 nitrogen and oxygen atoms in total. The Hall–Kier alpha value is -2.15. The lowest BCUT2D eigenvalue weighted by Gasteiger charge is -2.36. The zero-order chi connectivity index (χ0) is 17.3. The lowest BCUT2D eigenvalue weighted by Crippen LogP contribution is -2.51. The highest BCUT2D eigenvalue weighted by atomic mass is 16.2. The van der Waals surface area contributed by atoms with E-state index in [-0.39, 0.29) is 5.91 Å². The van der Waals surface area contributed by atoms with Gasteiger partial charge in [-0.3, -0.25) is 4.79 Å². The van der Waals surface area contributed by atoms with Crippen molar-refractivity contribution in [1.29, 1.82) is 0 Å². The highest BCUT2D eigenvalue weighted by Crippen LogP contribution is 2.25. The van der Waals surface area contributed by atoms with Crippen molar-refractivity contribution >= 4 is 22.8 Å². The molecule has 0 spiro atoms. The molecule has 0 bridgehead atoms. The van der Waals surface area contributed by atoms with Crippen molar-refractivity contribution < 1.29 is 4.79 Å². The van der Waals surface area contributed by atoms with Gasteiger partial charge in [-0.2, -0.15) is 0 Å². The van der Waals surface area contributed by atoms with Gasteiger partial charge in [-0.15, -0.1) is 0 Å². The number of likely N-dealkylation sites (N-methyl/N-ethyl adjacent to an activating group) is 1. The van der Waals surface area contributed by atoms with Crippen LogP contribution in [0.2, 0.25) is 0 Å². The molecule has 1 saturated heterocycles. The molecule has 1 fully saturated rings. The van der Waals surface area contributed by atoms with E-state index < -0.39 is 0 Å². The maximum atomic E-state index is 12.2. The number of pyridine rings is 1. The first-order valence-corrected chi connectivity index (χ1v) is 8.46. The van der Waals surface area contributed by atoms with E-state index >= 15 is 0 Å². The molecular weight excluding hydrogens is 304 g/mol. The minimum Gasteiger partial charge on any atom is -0.351 e. The van der Waals surface area contributed by atoms with Crippen LogP contribution < -0.4 is 4.90 Å². The van der Waals surface area contributed by atoms with Gasteiger partial charge in [-0.25, -0.2) is 9.97 Å². The standard InChI is InChI=1S/C17H26N6O/c1-13(2)23-12-19-16-14(23)5-6-18-17(16)22-9-7-21(8-10-22)15(24)11-20(3)4/h5-6,12-13H,7-11H2,1-4H3. The molecular formula is C17H26N6O. The number of rotatable bonds is 4. The summed E-state index contributed by atoms with van der Waals surface area (Å²) in [6.45, 7) is 7.81. The average molecular weight is 330 g/mol. The molecule has 24 heavy (non-hydrogen) atoms. The van der Waals surface area contributed by atoms with Crippen LogP contribution in [0.25, 0.3) is 11.0 Å². The van der Waals surface area contributed by atoms with Crippen molar-refractivity contribution in [3.8, 4) is 0 Å². The molecule has 1 aliphatic heterocycles. The average Bonchev–Trinajstić information content (AvgIpc) is 2.98. The Bertz CT molecular complexity index is 715. The van der Waals surface area contributed by atoms with Gasteiger partial charge in [0.05, 0.1) is 18.4 Å². The van der Waals surface area contributed by atoms with Crippen LogP contribution in [0.4, 0.5) is 5.82 Å². The summed E-state index contributed by atoms with van der Waals surface area (Å²) in [5.41, 5.74) is 2.06. The number of hydrogen-bond acceptors (Lipinski definition) is 5. The summed E-state index contributed by atoms with van der Waals surface area (Å²) in [7, 11) is 3.84. The first-order valence-electron chi connectivity index (χ1n) is 8.46. The molecule has 2 aromatic heterocycles. The van der Waals surface area contributed by atoms with E-state index in [1.165, 1.54) is 0 Å². The quantitative estimate of drug-likeness (QED) is 0.844. The third-order valence-electron chi connectivity index (χ3n) is 4.41. The molecule has 0 saturated carbocycles. The van der Waals surface area contributed by atoms with Crippen LogP contribution in [0.5, 0.6) is 0 Å². The van der Waals surface area contributed by atoms with Gasteiger partial charge in [0.2, 0.25) is 5.91 Å². The van der Waals surface area contributed by atoms with E-state index in [1.807, 2.05) is 42.5 Å². The predicted octanol–water partition coefficient (Wildman–Crippen LogP) is 1.22. The number of carbonyl (C=O) groups is 1. The van der Waals surface area contributed by atoms with Crippen molar-refractivity contribution in [2.24, 2.45) is 0 Å². The van der Waals surface area contributed by atoms with Crippen LogP contribution in [-0.4, -0.2) is 77.1 Å². The molecule has 0 unspecified atom stereocenters. The van der Waals surface area contributed by atoms with Crippen molar-refractivity contribution in [2.75, 3.05) is 51.7 Å². The number of piperazine rings is 1. The number of anilines is 1. The van der Waals surface area contributed by atoms with Gasteiger partial charge in [0.25, 0.3) is 0 Å². The third kappa shape index (κ3) is 3.21. The summed E-state index contributed by atoms with van der Waals surface area (Å²) in [6, 6.07) is 2.38. The summed E-state index contributed by atoms with van der Waals surface area (Å²) in [6.07, 6.45) is 3.74. The van der Waals surface area contributed by atoms with Gasteiger partial charge in [0.1, 0.15) is 5.52 Å². The third-order valence-corrected chi connectivity index (χ3v) is 4.41. The molecule has 0 atom stereocenters. The molecule has 3 rings (SSSR count). The number of carbonyl (C=O) groups excluding carboxylic acids is 1. The Labute approximate surface area is 142 Å². The van der Waals surface area contributed by atoms with E-state index in [1.54, 1.807) is 0 Å². The van der Waals surface area contributed by atoms with E-state index in [9.17, 15) is 4.79 Å². The predicted molar refractivity (Wildman–Crippen MR) is 95.3 cm³/mol. The first kappa shape index (κ1) is 16.7. The lowest BCUT2D eigenvalue weighted by atomic mass is 10.2. The van der Waals surface area contributed by atoms with Gasteiger partial charge in [0.15, 0.2) is 5.82 Å². The maximum Gasteiger partial charge on any atom is 0.236 e. The van der Waals surface area contributed by atoms with Gasteiger partial charge in [-0.1, -0.05) is 0 Å². The monoisotopic (exact) mass is 330 g/mol. The molecule has 0 N–H and O–H groups in total. The smallest absolute Gasteiger partial charge is 0.236 e. The molecule has 0 aliphatic carbocycles. The zero-order valence-electron chi connectivity index (χ0n) is 14.9. The number of aromatic nitrogens is 3. The molecule has 1 amide bonds. The molecule has 2 aromatic rings. The minimum atomic E-state index is 0.190. The summed E-state index contributed by atoms with van der Waals surface area (Å²) >= 11 is 0. The van der Waals surface area contributed by atoms with Gasteiger partial charge in [-0.05, 0) is 34.0 Å². The summed E-state index contributed by atoms with van der Waals surface area (Å²) < 4.78 is 2.16. The SMILES string of the molecule is CC(C)n1cnc2c(N3CCN(C(=O)CN(C)C)CC3)nccc21. The van der Waals surface area contributed by atoms with Gasteiger partial charge < -0.3 is 19.3 Å². The Morgan fingerprint density at radius 2 is 1.92 bits per heavy atom. The molecule has 0 radical (unpaired) electrons. The number of fused-ring (bicyclic) bond motifs is 1. The van der Waals surface area contributed by atoms with Gasteiger partial charge >= 0.3 is 0 Å². The van der Waals surface area contributed by atoms with E-state index in [0.29, 0.717) is 12.6 Å². The molecule has 3 heterocycles. The fourth-order valence-electron chi connectivity index (χ4n) is 3.13. The van der Waals surface area contributed by atoms with Crippen molar-refractivity contribution in [3.63, 3.8) is 0 Å². The second kappa shape index (κ2) is 6.76. The number of nitrogens with zero attached hydrogens (tertiary/aromatic N) is 6. The van der Waals surface area contributed by atoms with Crippen LogP contribution in [-0.2, 0) is 4.79 Å². The highest BCUT2D eigenvalue weighted by Gasteiger charge is 2.24. The number of amides is 1. The van der Waals surface area contributed by atoms with Crippen LogP contribution in [0.15, 0.2) is 18.6 Å².